The Morgan fingerprint density at radius 1 is 0.923 bits per heavy atom. The van der Waals surface area contributed by atoms with Crippen LogP contribution in [0.25, 0.3) is 0 Å². The number of rotatable bonds is 3. The monoisotopic (exact) mass is 344 g/mol. The van der Waals surface area contributed by atoms with Crippen molar-refractivity contribution in [1.82, 2.24) is 10.2 Å². The van der Waals surface area contributed by atoms with Gasteiger partial charge in [-0.15, -0.1) is 10.2 Å². The van der Waals surface area contributed by atoms with E-state index in [0.29, 0.717) is 5.69 Å². The lowest BCUT2D eigenvalue weighted by atomic mass is 10.00. The third kappa shape index (κ3) is 3.16. The van der Waals surface area contributed by atoms with Crippen LogP contribution in [0.5, 0.6) is 0 Å². The zero-order valence-electron chi connectivity index (χ0n) is 14.7. The van der Waals surface area contributed by atoms with Gasteiger partial charge >= 0.3 is 0 Å². The minimum Gasteiger partial charge on any atom is -0.350 e. The Morgan fingerprint density at radius 3 is 2.38 bits per heavy atom. The van der Waals surface area contributed by atoms with Crippen molar-refractivity contribution in [1.29, 1.82) is 0 Å². The van der Waals surface area contributed by atoms with Crippen LogP contribution in [-0.2, 0) is 13.0 Å². The van der Waals surface area contributed by atoms with E-state index >= 15 is 0 Å². The number of benzene rings is 2. The number of hydrogen-bond acceptors (Lipinski definition) is 4. The highest BCUT2D eigenvalue weighted by Gasteiger charge is 2.19. The molecule has 0 fully saturated rings. The Kier molecular flexibility index (Phi) is 4.35. The summed E-state index contributed by atoms with van der Waals surface area (Å²) in [4.78, 5) is 16.4. The van der Waals surface area contributed by atoms with Crippen LogP contribution in [0.1, 0.15) is 21.6 Å². The molecule has 26 heavy (non-hydrogen) atoms. The lowest BCUT2D eigenvalue weighted by molar-refractivity contribution is 0.0987. The highest BCUT2D eigenvalue weighted by Crippen LogP contribution is 2.23. The third-order valence-electron chi connectivity index (χ3n) is 4.77. The summed E-state index contributed by atoms with van der Waals surface area (Å²) in [5.74, 6) is 0.637. The number of anilines is 2. The van der Waals surface area contributed by atoms with Crippen molar-refractivity contribution in [2.45, 2.75) is 13.0 Å². The Hall–Kier alpha value is -3.21. The number of hydrogen-bond donors (Lipinski definition) is 0. The fourth-order valence-corrected chi connectivity index (χ4v) is 3.24. The fourth-order valence-electron chi connectivity index (χ4n) is 3.24. The van der Waals surface area contributed by atoms with E-state index in [1.807, 2.05) is 36.4 Å². The Morgan fingerprint density at radius 2 is 1.65 bits per heavy atom. The van der Waals surface area contributed by atoms with Crippen LogP contribution in [0, 0.1) is 0 Å². The Bertz CT molecular complexity index is 909. The molecule has 0 N–H and O–H groups in total. The van der Waals surface area contributed by atoms with Crippen LogP contribution in [0.4, 0.5) is 11.5 Å². The molecule has 1 aliphatic heterocycles. The molecule has 0 saturated heterocycles. The second-order valence-electron chi connectivity index (χ2n) is 6.42. The first-order valence-electron chi connectivity index (χ1n) is 8.71. The molecular formula is C21H20N4O. The zero-order chi connectivity index (χ0) is 17.9. The smallest absolute Gasteiger partial charge is 0.278 e. The molecule has 3 aromatic rings. The quantitative estimate of drug-likeness (QED) is 0.731. The van der Waals surface area contributed by atoms with Gasteiger partial charge in [0, 0.05) is 25.8 Å². The van der Waals surface area contributed by atoms with Gasteiger partial charge in [0.25, 0.3) is 5.91 Å². The van der Waals surface area contributed by atoms with Gasteiger partial charge in [0.2, 0.25) is 0 Å². The summed E-state index contributed by atoms with van der Waals surface area (Å²) in [6.45, 7) is 1.73. The highest BCUT2D eigenvalue weighted by molar-refractivity contribution is 6.04. The Labute approximate surface area is 152 Å². The summed E-state index contributed by atoms with van der Waals surface area (Å²) in [5, 5.41) is 8.47. The minimum absolute atomic E-state index is 0.167. The molecule has 0 atom stereocenters. The van der Waals surface area contributed by atoms with Crippen molar-refractivity contribution < 1.29 is 4.79 Å². The van der Waals surface area contributed by atoms with Crippen LogP contribution in [0.2, 0.25) is 0 Å². The van der Waals surface area contributed by atoms with Crippen LogP contribution in [0.15, 0.2) is 66.7 Å². The summed E-state index contributed by atoms with van der Waals surface area (Å²) in [7, 11) is 1.74. The molecule has 5 nitrogen and oxygen atoms in total. The Balaban J connectivity index is 1.50. The van der Waals surface area contributed by atoms with E-state index in [1.54, 1.807) is 18.0 Å². The van der Waals surface area contributed by atoms with Crippen LogP contribution < -0.4 is 9.80 Å². The van der Waals surface area contributed by atoms with E-state index in [9.17, 15) is 4.79 Å². The summed E-state index contributed by atoms with van der Waals surface area (Å²) in [5.41, 5.74) is 3.89. The summed E-state index contributed by atoms with van der Waals surface area (Å²) in [6.07, 6.45) is 0.995. The predicted molar refractivity (Wildman–Crippen MR) is 102 cm³/mol. The summed E-state index contributed by atoms with van der Waals surface area (Å²) in [6, 6.07) is 21.6. The average Bonchev–Trinajstić information content (AvgIpc) is 2.73. The number of carbonyl (C=O) groups is 1. The summed E-state index contributed by atoms with van der Waals surface area (Å²) < 4.78 is 0. The minimum atomic E-state index is -0.167. The van der Waals surface area contributed by atoms with Crippen molar-refractivity contribution in [3.05, 3.63) is 83.6 Å². The van der Waals surface area contributed by atoms with E-state index in [2.05, 4.69) is 39.4 Å². The molecule has 130 valence electrons. The van der Waals surface area contributed by atoms with E-state index in [-0.39, 0.29) is 5.91 Å². The van der Waals surface area contributed by atoms with Crippen molar-refractivity contribution >= 4 is 17.4 Å². The molecule has 1 aliphatic rings. The van der Waals surface area contributed by atoms with Gasteiger partial charge in [0.05, 0.1) is 0 Å². The first kappa shape index (κ1) is 16.3. The zero-order valence-corrected chi connectivity index (χ0v) is 14.7. The van der Waals surface area contributed by atoms with Gasteiger partial charge in [-0.25, -0.2) is 0 Å². The SMILES string of the molecule is CN(C(=O)c1ccc(N2CCc3ccccc3C2)nn1)c1ccccc1. The molecule has 1 aromatic heterocycles. The van der Waals surface area contributed by atoms with Gasteiger partial charge in [-0.3, -0.25) is 4.79 Å². The highest BCUT2D eigenvalue weighted by atomic mass is 16.2. The van der Waals surface area contributed by atoms with E-state index in [0.717, 1.165) is 31.0 Å². The van der Waals surface area contributed by atoms with Crippen molar-refractivity contribution in [2.24, 2.45) is 0 Å². The normalized spacial score (nSPS) is 13.2. The van der Waals surface area contributed by atoms with Gasteiger partial charge in [-0.1, -0.05) is 42.5 Å². The first-order valence-corrected chi connectivity index (χ1v) is 8.71. The van der Waals surface area contributed by atoms with Crippen LogP contribution >= 0.6 is 0 Å². The molecule has 4 rings (SSSR count). The van der Waals surface area contributed by atoms with E-state index < -0.39 is 0 Å². The number of fused-ring (bicyclic) bond motifs is 1. The molecule has 0 unspecified atom stereocenters. The first-order chi connectivity index (χ1) is 12.7. The molecule has 0 aliphatic carbocycles. The fraction of sp³-hybridized carbons (Fsp3) is 0.190. The average molecular weight is 344 g/mol. The molecule has 0 spiro atoms. The molecule has 5 heteroatoms. The number of aromatic nitrogens is 2. The topological polar surface area (TPSA) is 49.3 Å². The van der Waals surface area contributed by atoms with Crippen LogP contribution in [-0.4, -0.2) is 29.7 Å². The summed E-state index contributed by atoms with van der Waals surface area (Å²) >= 11 is 0. The van der Waals surface area contributed by atoms with E-state index in [1.165, 1.54) is 11.1 Å². The van der Waals surface area contributed by atoms with Crippen LogP contribution in [0.3, 0.4) is 0 Å². The van der Waals surface area contributed by atoms with Gasteiger partial charge < -0.3 is 9.80 Å². The number of nitrogens with zero attached hydrogens (tertiary/aromatic N) is 4. The maximum atomic E-state index is 12.6. The third-order valence-corrected chi connectivity index (χ3v) is 4.77. The predicted octanol–water partition coefficient (Wildman–Crippen LogP) is 3.32. The molecule has 1 amide bonds. The number of amides is 1. The van der Waals surface area contributed by atoms with Crippen molar-refractivity contribution in [2.75, 3.05) is 23.4 Å². The molecule has 0 saturated carbocycles. The molecule has 0 radical (unpaired) electrons. The van der Waals surface area contributed by atoms with Crippen molar-refractivity contribution in [3.63, 3.8) is 0 Å². The van der Waals surface area contributed by atoms with Crippen molar-refractivity contribution in [3.8, 4) is 0 Å². The molecule has 2 heterocycles. The van der Waals surface area contributed by atoms with E-state index in [4.69, 9.17) is 0 Å². The second-order valence-corrected chi connectivity index (χ2v) is 6.42. The largest absolute Gasteiger partial charge is 0.350 e. The lowest BCUT2D eigenvalue weighted by Crippen LogP contribution is -2.32. The molecular weight excluding hydrogens is 324 g/mol. The van der Waals surface area contributed by atoms with Gasteiger partial charge in [-0.05, 0) is 41.8 Å². The number of para-hydroxylation sites is 1. The molecule has 2 aromatic carbocycles. The molecule has 0 bridgehead atoms. The maximum absolute atomic E-state index is 12.6. The number of carbonyl (C=O) groups excluding carboxylic acids is 1. The second kappa shape index (κ2) is 6.96. The van der Waals surface area contributed by atoms with Gasteiger partial charge in [0.1, 0.15) is 0 Å². The maximum Gasteiger partial charge on any atom is 0.278 e. The lowest BCUT2D eigenvalue weighted by Gasteiger charge is -2.29. The van der Waals surface area contributed by atoms with Gasteiger partial charge in [-0.2, -0.15) is 0 Å². The standard InChI is InChI=1S/C21H20N4O/c1-24(18-9-3-2-4-10-18)21(26)19-11-12-20(23-22-19)25-14-13-16-7-5-6-8-17(16)15-25/h2-12H,13-15H2,1H3. The van der Waals surface area contributed by atoms with Gasteiger partial charge in [0.15, 0.2) is 11.5 Å².